The van der Waals surface area contributed by atoms with Crippen molar-refractivity contribution < 1.29 is 22.7 Å². The van der Waals surface area contributed by atoms with E-state index in [1.807, 2.05) is 0 Å². The second-order valence-corrected chi connectivity index (χ2v) is 5.32. The van der Waals surface area contributed by atoms with Gasteiger partial charge in [-0.25, -0.2) is 0 Å². The first kappa shape index (κ1) is 13.9. The van der Waals surface area contributed by atoms with E-state index in [0.717, 1.165) is 6.07 Å². The predicted molar refractivity (Wildman–Crippen MR) is 66.0 cm³/mol. The van der Waals surface area contributed by atoms with Crippen LogP contribution in [0.3, 0.4) is 0 Å². The predicted octanol–water partition coefficient (Wildman–Crippen LogP) is 4.07. The van der Waals surface area contributed by atoms with Gasteiger partial charge in [0.1, 0.15) is 11.3 Å². The van der Waals surface area contributed by atoms with E-state index in [1.54, 1.807) is 20.8 Å². The summed E-state index contributed by atoms with van der Waals surface area (Å²) in [6.45, 7) is 4.76. The Bertz CT molecular complexity index is 603. The van der Waals surface area contributed by atoms with Gasteiger partial charge in [0.15, 0.2) is 0 Å². The Balaban J connectivity index is 2.65. The van der Waals surface area contributed by atoms with Gasteiger partial charge in [0.25, 0.3) is 0 Å². The molecule has 0 saturated heterocycles. The van der Waals surface area contributed by atoms with Crippen LogP contribution in [0.5, 0.6) is 0 Å². The summed E-state index contributed by atoms with van der Waals surface area (Å²) in [5.74, 6) is 0.388. The molecule has 2 aromatic rings. The number of aryl methyl sites for hydroxylation is 1. The Hall–Kier alpha value is -1.49. The average molecular weight is 272 g/mol. The van der Waals surface area contributed by atoms with Gasteiger partial charge < -0.3 is 9.52 Å². The second-order valence-electron chi connectivity index (χ2n) is 5.32. The summed E-state index contributed by atoms with van der Waals surface area (Å²) in [6, 6.07) is 3.87. The van der Waals surface area contributed by atoms with Crippen molar-refractivity contribution in [3.8, 4) is 0 Å². The summed E-state index contributed by atoms with van der Waals surface area (Å²) in [7, 11) is 0. The minimum atomic E-state index is -4.42. The lowest BCUT2D eigenvalue weighted by molar-refractivity contribution is -0.136. The molecule has 1 N–H and O–H groups in total. The minimum Gasteiger partial charge on any atom is -0.461 e. The van der Waals surface area contributed by atoms with E-state index in [9.17, 15) is 18.3 Å². The summed E-state index contributed by atoms with van der Waals surface area (Å²) in [6.07, 6.45) is -4.25. The molecule has 0 aliphatic carbocycles. The maximum Gasteiger partial charge on any atom is 0.417 e. The molecule has 2 rings (SSSR count). The van der Waals surface area contributed by atoms with Gasteiger partial charge in [0, 0.05) is 11.8 Å². The van der Waals surface area contributed by atoms with Gasteiger partial charge in [0.2, 0.25) is 0 Å². The molecule has 5 heteroatoms. The van der Waals surface area contributed by atoms with E-state index in [-0.39, 0.29) is 17.4 Å². The molecule has 104 valence electrons. The molecule has 0 aliphatic rings. The number of alkyl halides is 3. The van der Waals surface area contributed by atoms with Gasteiger partial charge in [-0.15, -0.1) is 0 Å². The molecule has 0 spiro atoms. The lowest BCUT2D eigenvalue weighted by atomic mass is 9.99. The minimum absolute atomic E-state index is 0.0780. The van der Waals surface area contributed by atoms with Crippen LogP contribution in [0.25, 0.3) is 11.0 Å². The van der Waals surface area contributed by atoms with Crippen LogP contribution >= 0.6 is 0 Å². The zero-order valence-corrected chi connectivity index (χ0v) is 10.9. The van der Waals surface area contributed by atoms with E-state index < -0.39 is 17.3 Å². The fourth-order valence-corrected chi connectivity index (χ4v) is 2.15. The van der Waals surface area contributed by atoms with E-state index in [1.165, 1.54) is 12.1 Å². The van der Waals surface area contributed by atoms with Crippen molar-refractivity contribution >= 4 is 11.0 Å². The molecule has 0 bridgehead atoms. The number of benzene rings is 1. The summed E-state index contributed by atoms with van der Waals surface area (Å²) < 4.78 is 44.3. The molecule has 0 radical (unpaired) electrons. The Morgan fingerprint density at radius 3 is 2.37 bits per heavy atom. The van der Waals surface area contributed by atoms with Crippen LogP contribution in [0.1, 0.15) is 30.7 Å². The highest BCUT2D eigenvalue weighted by molar-refractivity contribution is 5.86. The van der Waals surface area contributed by atoms with Gasteiger partial charge in [-0.3, -0.25) is 0 Å². The quantitative estimate of drug-likeness (QED) is 0.893. The number of rotatable bonds is 2. The van der Waals surface area contributed by atoms with Crippen molar-refractivity contribution in [2.24, 2.45) is 0 Å². The van der Waals surface area contributed by atoms with Crippen molar-refractivity contribution in [2.75, 3.05) is 0 Å². The fraction of sp³-hybridized carbons (Fsp3) is 0.429. The van der Waals surface area contributed by atoms with Gasteiger partial charge in [0.05, 0.1) is 11.2 Å². The summed E-state index contributed by atoms with van der Waals surface area (Å²) in [4.78, 5) is 0. The highest BCUT2D eigenvalue weighted by atomic mass is 19.4. The number of halogens is 3. The van der Waals surface area contributed by atoms with Crippen molar-refractivity contribution in [3.63, 3.8) is 0 Å². The third kappa shape index (κ3) is 2.76. The monoisotopic (exact) mass is 272 g/mol. The zero-order chi connectivity index (χ0) is 14.4. The van der Waals surface area contributed by atoms with Crippen molar-refractivity contribution in [2.45, 2.75) is 39.0 Å². The van der Waals surface area contributed by atoms with Gasteiger partial charge in [-0.05, 0) is 38.5 Å². The largest absolute Gasteiger partial charge is 0.461 e. The molecular formula is C14H15F3O2. The third-order valence-electron chi connectivity index (χ3n) is 2.95. The lowest BCUT2D eigenvalue weighted by Gasteiger charge is -2.15. The van der Waals surface area contributed by atoms with Crippen molar-refractivity contribution in [3.05, 3.63) is 35.1 Å². The van der Waals surface area contributed by atoms with E-state index in [2.05, 4.69) is 0 Å². The van der Waals surface area contributed by atoms with E-state index in [0.29, 0.717) is 11.3 Å². The number of fused-ring (bicyclic) bond motifs is 1. The normalized spacial score (nSPS) is 13.2. The van der Waals surface area contributed by atoms with Crippen LogP contribution in [0, 0.1) is 6.92 Å². The molecule has 2 nitrogen and oxygen atoms in total. The van der Waals surface area contributed by atoms with Crippen molar-refractivity contribution in [1.29, 1.82) is 0 Å². The summed E-state index contributed by atoms with van der Waals surface area (Å²) >= 11 is 0. The van der Waals surface area contributed by atoms with Crippen molar-refractivity contribution in [1.82, 2.24) is 0 Å². The Labute approximate surface area is 108 Å². The number of hydrogen-bond donors (Lipinski definition) is 1. The molecule has 0 unspecified atom stereocenters. The topological polar surface area (TPSA) is 33.4 Å². The second kappa shape index (κ2) is 4.27. The Kier molecular flexibility index (Phi) is 3.13. The third-order valence-corrected chi connectivity index (χ3v) is 2.95. The molecule has 0 atom stereocenters. The first-order valence-electron chi connectivity index (χ1n) is 5.90. The van der Waals surface area contributed by atoms with E-state index in [4.69, 9.17) is 4.42 Å². The lowest BCUT2D eigenvalue weighted by Crippen LogP contribution is -2.21. The van der Waals surface area contributed by atoms with Crippen LogP contribution < -0.4 is 0 Å². The van der Waals surface area contributed by atoms with Gasteiger partial charge >= 0.3 is 6.18 Å². The summed E-state index contributed by atoms with van der Waals surface area (Å²) in [5, 5.41) is 9.85. The highest BCUT2D eigenvalue weighted by Crippen LogP contribution is 2.38. The number of aliphatic hydroxyl groups is 1. The fourth-order valence-electron chi connectivity index (χ4n) is 2.15. The smallest absolute Gasteiger partial charge is 0.417 e. The molecule has 0 saturated carbocycles. The number of furan rings is 1. The summed E-state index contributed by atoms with van der Waals surface area (Å²) in [5.41, 5.74) is -1.10. The maximum atomic E-state index is 13.0. The maximum absolute atomic E-state index is 13.0. The molecule has 0 fully saturated rings. The van der Waals surface area contributed by atoms with Gasteiger partial charge in [-0.2, -0.15) is 13.2 Å². The number of hydrogen-bond acceptors (Lipinski definition) is 2. The van der Waals surface area contributed by atoms with Crippen LogP contribution in [-0.2, 0) is 12.6 Å². The Morgan fingerprint density at radius 2 is 1.84 bits per heavy atom. The Morgan fingerprint density at radius 1 is 1.21 bits per heavy atom. The van der Waals surface area contributed by atoms with Crippen LogP contribution in [0.2, 0.25) is 0 Å². The van der Waals surface area contributed by atoms with Crippen LogP contribution in [-0.4, -0.2) is 10.7 Å². The highest BCUT2D eigenvalue weighted by Gasteiger charge is 2.34. The van der Waals surface area contributed by atoms with E-state index >= 15 is 0 Å². The first-order valence-corrected chi connectivity index (χ1v) is 5.90. The molecule has 19 heavy (non-hydrogen) atoms. The first-order chi connectivity index (χ1) is 8.59. The van der Waals surface area contributed by atoms with Crippen LogP contribution in [0.15, 0.2) is 22.6 Å². The van der Waals surface area contributed by atoms with Crippen LogP contribution in [0.4, 0.5) is 13.2 Å². The zero-order valence-electron chi connectivity index (χ0n) is 10.9. The average Bonchev–Trinajstić information content (AvgIpc) is 2.52. The molecule has 0 aliphatic heterocycles. The molecule has 0 amide bonds. The SMILES string of the molecule is Cc1c(CC(C)(C)O)oc2cccc(C(F)(F)F)c12. The molecule has 1 aromatic heterocycles. The standard InChI is InChI=1S/C14H15F3O2/c1-8-11(7-13(2,3)18)19-10-6-4-5-9(12(8)10)14(15,16)17/h4-6,18H,7H2,1-3H3. The molecular weight excluding hydrogens is 257 g/mol. The molecule has 1 heterocycles. The van der Waals surface area contributed by atoms with Gasteiger partial charge in [-0.1, -0.05) is 6.07 Å². The molecule has 1 aromatic carbocycles.